The van der Waals surface area contributed by atoms with E-state index in [0.717, 1.165) is 35.4 Å². The monoisotopic (exact) mass is 473 g/mol. The summed E-state index contributed by atoms with van der Waals surface area (Å²) in [6.07, 6.45) is 4.10. The zero-order valence-electron chi connectivity index (χ0n) is 16.9. The maximum Gasteiger partial charge on any atom is 0.243 e. The van der Waals surface area contributed by atoms with Crippen molar-refractivity contribution in [2.24, 2.45) is 5.92 Å². The van der Waals surface area contributed by atoms with Crippen LogP contribution in [0.4, 0.5) is 5.13 Å². The normalized spacial score (nSPS) is 17.5. The number of fused-ring (bicyclic) bond motifs is 1. The SMILES string of the molecule is O=C(Nc1nc(-c2cccs2)cs1)C1CCN(S(=O)(=O)c2ccc3c(c2)CCC3)CC1. The fraction of sp³-hybridized carbons (Fsp3) is 0.364. The Morgan fingerprint density at radius 1 is 1.10 bits per heavy atom. The molecule has 1 amide bonds. The number of sulfonamides is 1. The number of aromatic nitrogens is 1. The summed E-state index contributed by atoms with van der Waals surface area (Å²) >= 11 is 3.02. The number of carbonyl (C=O) groups excluding carboxylic acids is 1. The third kappa shape index (κ3) is 4.19. The van der Waals surface area contributed by atoms with Crippen molar-refractivity contribution < 1.29 is 13.2 Å². The lowest BCUT2D eigenvalue weighted by atomic mass is 9.97. The Bertz CT molecular complexity index is 1190. The molecule has 3 aromatic rings. The van der Waals surface area contributed by atoms with Crippen LogP contribution in [0.3, 0.4) is 0 Å². The summed E-state index contributed by atoms with van der Waals surface area (Å²) in [5.74, 6) is -0.290. The molecule has 6 nitrogen and oxygen atoms in total. The summed E-state index contributed by atoms with van der Waals surface area (Å²) in [5.41, 5.74) is 3.28. The molecule has 1 aliphatic heterocycles. The average molecular weight is 474 g/mol. The second-order valence-electron chi connectivity index (χ2n) is 7.97. The molecule has 0 spiro atoms. The predicted octanol–water partition coefficient (Wildman–Crippen LogP) is 4.40. The van der Waals surface area contributed by atoms with E-state index in [-0.39, 0.29) is 11.8 Å². The molecule has 3 heterocycles. The first-order chi connectivity index (χ1) is 15.0. The van der Waals surface area contributed by atoms with Gasteiger partial charge in [0.1, 0.15) is 0 Å². The van der Waals surface area contributed by atoms with Crippen LogP contribution in [0.5, 0.6) is 0 Å². The summed E-state index contributed by atoms with van der Waals surface area (Å²) in [6, 6.07) is 9.49. The first-order valence-corrected chi connectivity index (χ1v) is 13.6. The predicted molar refractivity (Wildman–Crippen MR) is 124 cm³/mol. The van der Waals surface area contributed by atoms with E-state index in [2.05, 4.69) is 10.3 Å². The Balaban J connectivity index is 1.20. The van der Waals surface area contributed by atoms with Gasteiger partial charge in [-0.15, -0.1) is 22.7 Å². The fourth-order valence-electron chi connectivity index (χ4n) is 4.29. The molecule has 1 fully saturated rings. The Hall–Kier alpha value is -2.07. The van der Waals surface area contributed by atoms with Gasteiger partial charge in [0.2, 0.25) is 15.9 Å². The van der Waals surface area contributed by atoms with Crippen LogP contribution < -0.4 is 5.32 Å². The van der Waals surface area contributed by atoms with E-state index in [9.17, 15) is 13.2 Å². The van der Waals surface area contributed by atoms with Gasteiger partial charge in [0, 0.05) is 24.4 Å². The largest absolute Gasteiger partial charge is 0.302 e. The molecule has 31 heavy (non-hydrogen) atoms. The smallest absolute Gasteiger partial charge is 0.243 e. The third-order valence-corrected chi connectivity index (χ3v) is 9.59. The van der Waals surface area contributed by atoms with Gasteiger partial charge in [-0.25, -0.2) is 13.4 Å². The topological polar surface area (TPSA) is 79.4 Å². The van der Waals surface area contributed by atoms with Gasteiger partial charge in [0.15, 0.2) is 5.13 Å². The summed E-state index contributed by atoms with van der Waals surface area (Å²) < 4.78 is 27.7. The number of amides is 1. The molecule has 0 saturated carbocycles. The molecule has 1 N–H and O–H groups in total. The molecule has 1 saturated heterocycles. The van der Waals surface area contributed by atoms with Crippen LogP contribution in [-0.2, 0) is 27.7 Å². The minimum atomic E-state index is -3.52. The van der Waals surface area contributed by atoms with Gasteiger partial charge < -0.3 is 5.32 Å². The molecule has 1 aliphatic carbocycles. The molecule has 162 valence electrons. The minimum Gasteiger partial charge on any atom is -0.302 e. The summed E-state index contributed by atoms with van der Waals surface area (Å²) in [5, 5.41) is 7.43. The zero-order chi connectivity index (χ0) is 21.4. The lowest BCUT2D eigenvalue weighted by Gasteiger charge is -2.30. The molecule has 0 unspecified atom stereocenters. The van der Waals surface area contributed by atoms with Gasteiger partial charge in [0.05, 0.1) is 15.5 Å². The number of piperidine rings is 1. The van der Waals surface area contributed by atoms with Crippen molar-refractivity contribution in [3.63, 3.8) is 0 Å². The van der Waals surface area contributed by atoms with E-state index in [0.29, 0.717) is 36.0 Å². The number of carbonyl (C=O) groups is 1. The Morgan fingerprint density at radius 3 is 2.68 bits per heavy atom. The highest BCUT2D eigenvalue weighted by Gasteiger charge is 2.33. The number of thiazole rings is 1. The number of thiophene rings is 1. The van der Waals surface area contributed by atoms with E-state index in [1.54, 1.807) is 17.4 Å². The number of anilines is 1. The van der Waals surface area contributed by atoms with Gasteiger partial charge in [-0.2, -0.15) is 4.31 Å². The zero-order valence-corrected chi connectivity index (χ0v) is 19.4. The molecule has 0 atom stereocenters. The van der Waals surface area contributed by atoms with E-state index in [1.165, 1.54) is 21.2 Å². The molecule has 2 aliphatic rings. The highest BCUT2D eigenvalue weighted by molar-refractivity contribution is 7.89. The van der Waals surface area contributed by atoms with Crippen LogP contribution >= 0.6 is 22.7 Å². The van der Waals surface area contributed by atoms with Crippen molar-refractivity contribution in [3.8, 4) is 10.6 Å². The van der Waals surface area contributed by atoms with Crippen molar-refractivity contribution in [1.29, 1.82) is 0 Å². The number of hydrogen-bond donors (Lipinski definition) is 1. The van der Waals surface area contributed by atoms with Crippen molar-refractivity contribution >= 4 is 43.7 Å². The Labute approximate surface area is 190 Å². The van der Waals surface area contributed by atoms with E-state index >= 15 is 0 Å². The molecule has 9 heteroatoms. The average Bonchev–Trinajstić information content (AvgIpc) is 3.54. The molecule has 1 aromatic carbocycles. The number of hydrogen-bond acceptors (Lipinski definition) is 6. The van der Waals surface area contributed by atoms with Crippen LogP contribution in [-0.4, -0.2) is 36.7 Å². The number of nitrogens with zero attached hydrogens (tertiary/aromatic N) is 2. The van der Waals surface area contributed by atoms with Crippen molar-refractivity contribution in [2.75, 3.05) is 18.4 Å². The van der Waals surface area contributed by atoms with Crippen LogP contribution in [0.15, 0.2) is 46.0 Å². The van der Waals surface area contributed by atoms with E-state index in [4.69, 9.17) is 0 Å². The summed E-state index contributed by atoms with van der Waals surface area (Å²) in [4.78, 5) is 18.7. The minimum absolute atomic E-state index is 0.0818. The fourth-order valence-corrected chi connectivity index (χ4v) is 7.29. The summed E-state index contributed by atoms with van der Waals surface area (Å²) in [6.45, 7) is 0.714. The maximum atomic E-state index is 13.1. The third-order valence-electron chi connectivity index (χ3n) is 6.04. The van der Waals surface area contributed by atoms with Gasteiger partial charge in [0.25, 0.3) is 0 Å². The van der Waals surface area contributed by atoms with Crippen molar-refractivity contribution in [1.82, 2.24) is 9.29 Å². The first-order valence-electron chi connectivity index (χ1n) is 10.4. The number of nitrogens with one attached hydrogen (secondary N) is 1. The van der Waals surface area contributed by atoms with Crippen molar-refractivity contribution in [2.45, 2.75) is 37.0 Å². The molecule has 0 radical (unpaired) electrons. The van der Waals surface area contributed by atoms with Crippen molar-refractivity contribution in [3.05, 3.63) is 52.2 Å². The first kappa shape index (κ1) is 20.8. The molecule has 0 bridgehead atoms. The second kappa shape index (κ2) is 8.46. The molecular weight excluding hydrogens is 450 g/mol. The van der Waals surface area contributed by atoms with Crippen LogP contribution in [0, 0.1) is 5.92 Å². The van der Waals surface area contributed by atoms with Crippen LogP contribution in [0.1, 0.15) is 30.4 Å². The molecule has 5 rings (SSSR count). The summed E-state index contributed by atoms with van der Waals surface area (Å²) in [7, 11) is -3.52. The quantitative estimate of drug-likeness (QED) is 0.596. The van der Waals surface area contributed by atoms with Crippen LogP contribution in [0.25, 0.3) is 10.6 Å². The van der Waals surface area contributed by atoms with Crippen LogP contribution in [0.2, 0.25) is 0 Å². The maximum absolute atomic E-state index is 13.1. The standard InChI is InChI=1S/C22H23N3O3S3/c26-21(24-22-23-19(14-30-22)20-5-2-12-29-20)16-8-10-25(11-9-16)31(27,28)18-7-6-15-3-1-4-17(15)13-18/h2,5-7,12-14,16H,1,3-4,8-11H2,(H,23,24,26). The number of rotatable bonds is 5. The number of aryl methyl sites for hydroxylation is 2. The molecular formula is C22H23N3O3S3. The molecule has 2 aromatic heterocycles. The highest BCUT2D eigenvalue weighted by atomic mass is 32.2. The van der Waals surface area contributed by atoms with Gasteiger partial charge in [-0.1, -0.05) is 12.1 Å². The van der Waals surface area contributed by atoms with Gasteiger partial charge in [-0.05, 0) is 66.8 Å². The van der Waals surface area contributed by atoms with E-state index < -0.39 is 10.0 Å². The van der Waals surface area contributed by atoms with Gasteiger partial charge >= 0.3 is 0 Å². The second-order valence-corrected chi connectivity index (χ2v) is 11.7. The Kier molecular flexibility index (Phi) is 5.68. The lowest BCUT2D eigenvalue weighted by Crippen LogP contribution is -2.41. The Morgan fingerprint density at radius 2 is 1.90 bits per heavy atom. The number of benzene rings is 1. The lowest BCUT2D eigenvalue weighted by molar-refractivity contribution is -0.120. The van der Waals surface area contributed by atoms with Gasteiger partial charge in [-0.3, -0.25) is 4.79 Å². The highest BCUT2D eigenvalue weighted by Crippen LogP contribution is 2.31. The van der Waals surface area contributed by atoms with E-state index in [1.807, 2.05) is 35.0 Å².